The van der Waals surface area contributed by atoms with Crippen LogP contribution in [-0.4, -0.2) is 65.1 Å². The van der Waals surface area contributed by atoms with Gasteiger partial charge in [0, 0.05) is 18.9 Å². The molecule has 0 radical (unpaired) electrons. The van der Waals surface area contributed by atoms with Gasteiger partial charge < -0.3 is 20.1 Å². The summed E-state index contributed by atoms with van der Waals surface area (Å²) in [6.45, 7) is 0.631. The molecule has 1 saturated heterocycles. The number of rotatable bonds is 4. The summed E-state index contributed by atoms with van der Waals surface area (Å²) in [6, 6.07) is 4.91. The molecule has 1 aliphatic heterocycles. The second-order valence-corrected chi connectivity index (χ2v) is 6.65. The zero-order valence-corrected chi connectivity index (χ0v) is 15.3. The van der Waals surface area contributed by atoms with E-state index in [4.69, 9.17) is 4.74 Å². The molecule has 3 atom stereocenters. The first-order valence-corrected chi connectivity index (χ1v) is 8.77. The van der Waals surface area contributed by atoms with Crippen molar-refractivity contribution >= 4 is 22.6 Å². The van der Waals surface area contributed by atoms with E-state index in [1.807, 2.05) is 6.07 Å². The number of anilines is 1. The van der Waals surface area contributed by atoms with Crippen LogP contribution >= 0.6 is 0 Å². The molecule has 0 bridgehead atoms. The van der Waals surface area contributed by atoms with E-state index in [1.165, 1.54) is 36.4 Å². The highest BCUT2D eigenvalue weighted by Gasteiger charge is 2.47. The minimum Gasteiger partial charge on any atom is -0.392 e. The third-order valence-electron chi connectivity index (χ3n) is 4.40. The third kappa shape index (κ3) is 4.55. The van der Waals surface area contributed by atoms with Crippen LogP contribution in [0.2, 0.25) is 0 Å². The number of aliphatic hydroxyl groups is 1. The van der Waals surface area contributed by atoms with E-state index in [1.54, 1.807) is 0 Å². The molecule has 2 aromatic rings. The Bertz CT molecular complexity index is 944. The molecule has 154 valence electrons. The lowest BCUT2D eigenvalue weighted by Crippen LogP contribution is -2.57. The first-order chi connectivity index (χ1) is 13.7. The standard InChI is InChI=1S/C18H18F3N5O3/c1-10(27)7-25-17(28)13-8-26(9-14(29-13)18(19,20)21)12-3-2-11(6-22)15-16(12)24-5-4-23-15/h2-5,10,13-14,27H,7-9H2,1H3,(H,25,28)/t10-,13+,14-/m0/s1. The predicted molar refractivity (Wildman–Crippen MR) is 95.9 cm³/mol. The number of alkyl halides is 3. The fraction of sp³-hybridized carbons (Fsp3) is 0.444. The van der Waals surface area contributed by atoms with Crippen molar-refractivity contribution in [3.63, 3.8) is 0 Å². The largest absolute Gasteiger partial charge is 0.416 e. The highest BCUT2D eigenvalue weighted by molar-refractivity contribution is 5.92. The Balaban J connectivity index is 1.96. The van der Waals surface area contributed by atoms with E-state index >= 15 is 0 Å². The smallest absolute Gasteiger partial charge is 0.392 e. The van der Waals surface area contributed by atoms with Crippen LogP contribution in [0.1, 0.15) is 12.5 Å². The quantitative estimate of drug-likeness (QED) is 0.779. The highest BCUT2D eigenvalue weighted by Crippen LogP contribution is 2.33. The summed E-state index contributed by atoms with van der Waals surface area (Å²) in [5.41, 5.74) is 1.08. The molecule has 8 nitrogen and oxygen atoms in total. The summed E-state index contributed by atoms with van der Waals surface area (Å²) in [4.78, 5) is 21.9. The molecule has 1 amide bonds. The van der Waals surface area contributed by atoms with Gasteiger partial charge in [0.15, 0.2) is 12.2 Å². The zero-order valence-electron chi connectivity index (χ0n) is 15.3. The molecule has 2 N–H and O–H groups in total. The van der Waals surface area contributed by atoms with E-state index in [0.717, 1.165) is 0 Å². The van der Waals surface area contributed by atoms with Gasteiger partial charge in [-0.3, -0.25) is 14.8 Å². The average Bonchev–Trinajstić information content (AvgIpc) is 2.70. The van der Waals surface area contributed by atoms with Crippen molar-refractivity contribution in [3.8, 4) is 6.07 Å². The molecule has 11 heteroatoms. The fourth-order valence-electron chi connectivity index (χ4n) is 3.03. The summed E-state index contributed by atoms with van der Waals surface area (Å²) < 4.78 is 45.3. The Kier molecular flexibility index (Phi) is 5.86. The van der Waals surface area contributed by atoms with Crippen LogP contribution in [-0.2, 0) is 9.53 Å². The van der Waals surface area contributed by atoms with Gasteiger partial charge in [-0.1, -0.05) is 0 Å². The van der Waals surface area contributed by atoms with Crippen LogP contribution in [0.25, 0.3) is 11.0 Å². The van der Waals surface area contributed by atoms with Crippen molar-refractivity contribution in [1.82, 2.24) is 15.3 Å². The van der Waals surface area contributed by atoms with Gasteiger partial charge in [0.2, 0.25) is 0 Å². The number of fused-ring (bicyclic) bond motifs is 1. The van der Waals surface area contributed by atoms with Crippen molar-refractivity contribution in [2.24, 2.45) is 0 Å². The molecule has 29 heavy (non-hydrogen) atoms. The van der Waals surface area contributed by atoms with Gasteiger partial charge in [-0.05, 0) is 19.1 Å². The first-order valence-electron chi connectivity index (χ1n) is 8.77. The van der Waals surface area contributed by atoms with Gasteiger partial charge in [-0.15, -0.1) is 0 Å². The SMILES string of the molecule is C[C@H](O)CNC(=O)[C@H]1CN(c2ccc(C#N)c3nccnc23)C[C@@H](C(F)(F)F)O1. The number of benzene rings is 1. The fourth-order valence-corrected chi connectivity index (χ4v) is 3.03. The Labute approximate surface area is 163 Å². The van der Waals surface area contributed by atoms with Crippen LogP contribution < -0.4 is 10.2 Å². The number of ether oxygens (including phenoxy) is 1. The summed E-state index contributed by atoms with van der Waals surface area (Å²) >= 11 is 0. The number of nitriles is 1. The van der Waals surface area contributed by atoms with Crippen LogP contribution in [0.3, 0.4) is 0 Å². The Hall–Kier alpha value is -2.97. The maximum atomic E-state index is 13.4. The molecule has 0 unspecified atom stereocenters. The topological polar surface area (TPSA) is 111 Å². The number of nitrogens with zero attached hydrogens (tertiary/aromatic N) is 4. The molecule has 0 aliphatic carbocycles. The van der Waals surface area contributed by atoms with E-state index < -0.39 is 36.9 Å². The van der Waals surface area contributed by atoms with E-state index in [2.05, 4.69) is 15.3 Å². The van der Waals surface area contributed by atoms with Crippen LogP contribution in [0.4, 0.5) is 18.9 Å². The summed E-state index contributed by atoms with van der Waals surface area (Å²) in [5, 5.41) is 20.9. The Morgan fingerprint density at radius 3 is 2.69 bits per heavy atom. The zero-order chi connectivity index (χ0) is 21.2. The molecule has 1 aromatic carbocycles. The van der Waals surface area contributed by atoms with E-state index in [9.17, 15) is 28.3 Å². The van der Waals surface area contributed by atoms with Gasteiger partial charge in [0.1, 0.15) is 17.1 Å². The van der Waals surface area contributed by atoms with Crippen molar-refractivity contribution in [3.05, 3.63) is 30.1 Å². The number of hydrogen-bond donors (Lipinski definition) is 2. The number of morpholine rings is 1. The number of hydrogen-bond acceptors (Lipinski definition) is 7. The number of carbonyl (C=O) groups is 1. The predicted octanol–water partition coefficient (Wildman–Crippen LogP) is 1.13. The number of halogens is 3. The molecule has 2 heterocycles. The molecule has 3 rings (SSSR count). The van der Waals surface area contributed by atoms with Gasteiger partial charge in [0.25, 0.3) is 5.91 Å². The Morgan fingerprint density at radius 2 is 2.07 bits per heavy atom. The van der Waals surface area contributed by atoms with Crippen LogP contribution in [0, 0.1) is 11.3 Å². The van der Waals surface area contributed by atoms with Gasteiger partial charge in [-0.2, -0.15) is 18.4 Å². The van der Waals surface area contributed by atoms with Crippen molar-refractivity contribution in [2.45, 2.75) is 31.4 Å². The lowest BCUT2D eigenvalue weighted by Gasteiger charge is -2.39. The monoisotopic (exact) mass is 409 g/mol. The molecule has 1 fully saturated rings. The maximum Gasteiger partial charge on any atom is 0.416 e. The van der Waals surface area contributed by atoms with E-state index in [-0.39, 0.29) is 29.7 Å². The van der Waals surface area contributed by atoms with Crippen molar-refractivity contribution in [2.75, 3.05) is 24.5 Å². The molecular formula is C18H18F3N5O3. The lowest BCUT2D eigenvalue weighted by atomic mass is 10.1. The average molecular weight is 409 g/mol. The summed E-state index contributed by atoms with van der Waals surface area (Å²) in [6.07, 6.45) is -6.37. The molecule has 1 aliphatic rings. The maximum absolute atomic E-state index is 13.4. The van der Waals surface area contributed by atoms with E-state index in [0.29, 0.717) is 5.69 Å². The second kappa shape index (κ2) is 8.18. The normalized spacial score (nSPS) is 20.9. The summed E-state index contributed by atoms with van der Waals surface area (Å²) in [7, 11) is 0. The molecular weight excluding hydrogens is 391 g/mol. The minimum absolute atomic E-state index is 0.110. The number of carbonyl (C=O) groups excluding carboxylic acids is 1. The molecule has 0 spiro atoms. The third-order valence-corrected chi connectivity index (χ3v) is 4.40. The second-order valence-electron chi connectivity index (χ2n) is 6.65. The number of amides is 1. The molecule has 1 aromatic heterocycles. The van der Waals surface area contributed by atoms with Crippen molar-refractivity contribution in [1.29, 1.82) is 5.26 Å². The van der Waals surface area contributed by atoms with Gasteiger partial charge in [0.05, 0.1) is 30.4 Å². The minimum atomic E-state index is -4.68. The number of aliphatic hydroxyl groups excluding tert-OH is 1. The number of nitrogens with one attached hydrogen (secondary N) is 1. The summed E-state index contributed by atoms with van der Waals surface area (Å²) in [5.74, 6) is -0.756. The van der Waals surface area contributed by atoms with Crippen molar-refractivity contribution < 1.29 is 27.8 Å². The lowest BCUT2D eigenvalue weighted by molar-refractivity contribution is -0.234. The first kappa shape index (κ1) is 20.8. The van der Waals surface area contributed by atoms with Crippen LogP contribution in [0.5, 0.6) is 0 Å². The highest BCUT2D eigenvalue weighted by atomic mass is 19.4. The van der Waals surface area contributed by atoms with Gasteiger partial charge in [-0.25, -0.2) is 0 Å². The van der Waals surface area contributed by atoms with Gasteiger partial charge >= 0.3 is 6.18 Å². The molecule has 0 saturated carbocycles. The van der Waals surface area contributed by atoms with Crippen LogP contribution in [0.15, 0.2) is 24.5 Å². The number of aromatic nitrogens is 2. The Morgan fingerprint density at radius 1 is 1.38 bits per heavy atom.